The van der Waals surface area contributed by atoms with E-state index in [9.17, 15) is 14.0 Å². The zero-order chi connectivity index (χ0) is 20.1. The second kappa shape index (κ2) is 6.57. The third-order valence-electron chi connectivity index (χ3n) is 5.05. The van der Waals surface area contributed by atoms with Crippen LogP contribution in [0.25, 0.3) is 11.0 Å². The first-order valence-corrected chi connectivity index (χ1v) is 9.33. The van der Waals surface area contributed by atoms with E-state index in [0.717, 1.165) is 0 Å². The molecule has 4 nitrogen and oxygen atoms in total. The van der Waals surface area contributed by atoms with E-state index in [2.05, 4.69) is 0 Å². The Bertz CT molecular complexity index is 1320. The van der Waals surface area contributed by atoms with Gasteiger partial charge in [0.2, 0.25) is 5.76 Å². The largest absolute Gasteiger partial charge is 0.450 e. The summed E-state index contributed by atoms with van der Waals surface area (Å²) in [7, 11) is 0. The summed E-state index contributed by atoms with van der Waals surface area (Å²) in [6.07, 6.45) is 0. The molecule has 1 amide bonds. The summed E-state index contributed by atoms with van der Waals surface area (Å²) in [6.45, 7) is 0. The summed E-state index contributed by atoms with van der Waals surface area (Å²) in [4.78, 5) is 28.2. The number of carbonyl (C=O) groups excluding carboxylic acids is 1. The van der Waals surface area contributed by atoms with Crippen LogP contribution in [-0.4, -0.2) is 5.91 Å². The lowest BCUT2D eigenvalue weighted by Gasteiger charge is -2.25. The van der Waals surface area contributed by atoms with Crippen molar-refractivity contribution in [3.05, 3.63) is 111 Å². The second-order valence-corrected chi connectivity index (χ2v) is 7.22. The van der Waals surface area contributed by atoms with Crippen molar-refractivity contribution in [1.82, 2.24) is 0 Å². The normalized spacial score (nSPS) is 15.7. The minimum Gasteiger partial charge on any atom is -0.450 e. The third-order valence-corrected chi connectivity index (χ3v) is 5.29. The van der Waals surface area contributed by atoms with Crippen LogP contribution in [0.4, 0.5) is 10.1 Å². The first-order valence-electron chi connectivity index (χ1n) is 8.95. The summed E-state index contributed by atoms with van der Waals surface area (Å²) >= 11 is 6.07. The van der Waals surface area contributed by atoms with Crippen LogP contribution >= 0.6 is 11.6 Å². The highest BCUT2D eigenvalue weighted by Crippen LogP contribution is 2.41. The number of carbonyl (C=O) groups is 1. The van der Waals surface area contributed by atoms with E-state index in [1.807, 2.05) is 6.07 Å². The fraction of sp³-hybridized carbons (Fsp3) is 0.0435. The molecule has 0 aliphatic carbocycles. The Labute approximate surface area is 169 Å². The van der Waals surface area contributed by atoms with Gasteiger partial charge in [-0.15, -0.1) is 0 Å². The molecule has 3 aromatic carbocycles. The predicted molar refractivity (Wildman–Crippen MR) is 109 cm³/mol. The summed E-state index contributed by atoms with van der Waals surface area (Å²) in [5.74, 6) is -0.834. The highest BCUT2D eigenvalue weighted by molar-refractivity contribution is 6.31. The van der Waals surface area contributed by atoms with Gasteiger partial charge in [0.1, 0.15) is 11.4 Å². The number of fused-ring (bicyclic) bond motifs is 2. The molecule has 142 valence electrons. The van der Waals surface area contributed by atoms with Crippen molar-refractivity contribution in [1.29, 1.82) is 0 Å². The Kier molecular flexibility index (Phi) is 4.00. The average molecular weight is 406 g/mol. The van der Waals surface area contributed by atoms with Crippen LogP contribution in [0.2, 0.25) is 5.02 Å². The van der Waals surface area contributed by atoms with Gasteiger partial charge in [-0.05, 0) is 48.0 Å². The average Bonchev–Trinajstić information content (AvgIpc) is 3.03. The number of anilines is 1. The number of hydrogen-bond acceptors (Lipinski definition) is 3. The fourth-order valence-electron chi connectivity index (χ4n) is 3.76. The molecular weight excluding hydrogens is 393 g/mol. The summed E-state index contributed by atoms with van der Waals surface area (Å²) in [6, 6.07) is 18.7. The molecule has 1 aromatic heterocycles. The van der Waals surface area contributed by atoms with Crippen molar-refractivity contribution in [3.63, 3.8) is 0 Å². The van der Waals surface area contributed by atoms with Crippen LogP contribution in [0, 0.1) is 5.82 Å². The SMILES string of the molecule is O=C1c2oc3ccc(Cl)cc3c(=O)c2C(c2ccc(F)cc2)N1c1ccccc1. The van der Waals surface area contributed by atoms with E-state index >= 15 is 0 Å². The van der Waals surface area contributed by atoms with Crippen LogP contribution in [0.15, 0.2) is 82.0 Å². The molecule has 4 aromatic rings. The van der Waals surface area contributed by atoms with Gasteiger partial charge in [0.25, 0.3) is 5.91 Å². The minimum absolute atomic E-state index is 0.0111. The lowest BCUT2D eigenvalue weighted by Crippen LogP contribution is -2.29. The van der Waals surface area contributed by atoms with Gasteiger partial charge in [-0.3, -0.25) is 14.5 Å². The number of amides is 1. The Morgan fingerprint density at radius 2 is 1.66 bits per heavy atom. The number of rotatable bonds is 2. The lowest BCUT2D eigenvalue weighted by atomic mass is 9.98. The van der Waals surface area contributed by atoms with Crippen LogP contribution < -0.4 is 10.3 Å². The molecule has 1 atom stereocenters. The van der Waals surface area contributed by atoms with Gasteiger partial charge in [0.05, 0.1) is 17.0 Å². The molecule has 0 radical (unpaired) electrons. The Morgan fingerprint density at radius 1 is 0.931 bits per heavy atom. The van der Waals surface area contributed by atoms with E-state index in [4.69, 9.17) is 16.0 Å². The van der Waals surface area contributed by atoms with Crippen molar-refractivity contribution in [2.24, 2.45) is 0 Å². The van der Waals surface area contributed by atoms with E-state index in [1.54, 1.807) is 48.5 Å². The highest BCUT2D eigenvalue weighted by atomic mass is 35.5. The van der Waals surface area contributed by atoms with Gasteiger partial charge in [-0.1, -0.05) is 41.9 Å². The molecule has 0 bridgehead atoms. The van der Waals surface area contributed by atoms with Gasteiger partial charge < -0.3 is 4.42 Å². The van der Waals surface area contributed by atoms with Crippen LogP contribution in [0.3, 0.4) is 0 Å². The molecule has 6 heteroatoms. The van der Waals surface area contributed by atoms with Gasteiger partial charge >= 0.3 is 0 Å². The Balaban J connectivity index is 1.83. The maximum absolute atomic E-state index is 13.5. The van der Waals surface area contributed by atoms with Crippen molar-refractivity contribution in [3.8, 4) is 0 Å². The monoisotopic (exact) mass is 405 g/mol. The number of para-hydroxylation sites is 1. The minimum atomic E-state index is -0.736. The van der Waals surface area contributed by atoms with Crippen LogP contribution in [-0.2, 0) is 0 Å². The van der Waals surface area contributed by atoms with Crippen LogP contribution in [0.5, 0.6) is 0 Å². The molecule has 1 aliphatic heterocycles. The second-order valence-electron chi connectivity index (χ2n) is 6.78. The number of hydrogen-bond donors (Lipinski definition) is 0. The van der Waals surface area contributed by atoms with Gasteiger partial charge in [-0.25, -0.2) is 4.39 Å². The van der Waals surface area contributed by atoms with Crippen molar-refractivity contribution in [2.45, 2.75) is 6.04 Å². The molecule has 0 spiro atoms. The van der Waals surface area contributed by atoms with Crippen molar-refractivity contribution in [2.75, 3.05) is 4.90 Å². The topological polar surface area (TPSA) is 50.5 Å². The smallest absolute Gasteiger partial charge is 0.295 e. The quantitative estimate of drug-likeness (QED) is 0.452. The van der Waals surface area contributed by atoms with Crippen molar-refractivity contribution < 1.29 is 13.6 Å². The standard InChI is InChI=1S/C23H13ClFNO3/c24-14-8-11-18-17(12-14)21(27)19-20(13-6-9-15(25)10-7-13)26(23(28)22(19)29-18)16-4-2-1-3-5-16/h1-12,20H. The van der Waals surface area contributed by atoms with Gasteiger partial charge in [0, 0.05) is 10.7 Å². The third kappa shape index (κ3) is 2.74. The summed E-state index contributed by atoms with van der Waals surface area (Å²) in [5, 5.41) is 0.693. The lowest BCUT2D eigenvalue weighted by molar-refractivity contribution is 0.0971. The van der Waals surface area contributed by atoms with E-state index in [1.165, 1.54) is 23.1 Å². The fourth-order valence-corrected chi connectivity index (χ4v) is 3.93. The molecule has 0 N–H and O–H groups in total. The predicted octanol–water partition coefficient (Wildman–Crippen LogP) is 5.34. The number of nitrogens with zero attached hydrogens (tertiary/aromatic N) is 1. The number of benzene rings is 3. The molecule has 0 saturated heterocycles. The first kappa shape index (κ1) is 17.6. The van der Waals surface area contributed by atoms with E-state index < -0.39 is 17.8 Å². The van der Waals surface area contributed by atoms with Crippen molar-refractivity contribution >= 4 is 34.2 Å². The molecule has 2 heterocycles. The molecule has 5 rings (SSSR count). The summed E-state index contributed by atoms with van der Waals surface area (Å²) < 4.78 is 19.4. The van der Waals surface area contributed by atoms with Gasteiger partial charge in [0.15, 0.2) is 5.43 Å². The van der Waals surface area contributed by atoms with Gasteiger partial charge in [-0.2, -0.15) is 0 Å². The Morgan fingerprint density at radius 3 is 2.38 bits per heavy atom. The van der Waals surface area contributed by atoms with Crippen LogP contribution in [0.1, 0.15) is 27.7 Å². The zero-order valence-corrected chi connectivity index (χ0v) is 15.7. The summed E-state index contributed by atoms with van der Waals surface area (Å²) in [5.41, 5.74) is 1.40. The Hall–Kier alpha value is -3.44. The maximum atomic E-state index is 13.5. The molecule has 1 aliphatic rings. The van der Waals surface area contributed by atoms with E-state index in [-0.39, 0.29) is 16.8 Å². The number of halogens is 2. The van der Waals surface area contributed by atoms with E-state index in [0.29, 0.717) is 27.2 Å². The molecule has 29 heavy (non-hydrogen) atoms. The molecule has 0 saturated carbocycles. The highest BCUT2D eigenvalue weighted by Gasteiger charge is 2.43. The zero-order valence-electron chi connectivity index (χ0n) is 14.9. The molecular formula is C23H13ClFNO3. The first-order chi connectivity index (χ1) is 14.0. The molecule has 1 unspecified atom stereocenters. The molecule has 0 fully saturated rings. The maximum Gasteiger partial charge on any atom is 0.295 e.